The SMILES string of the molecule is COc1ccc(CN(Cc2cccc(F)c2)C(=S)Nc2ccc(OC)cc2OC)cc1. The number of ether oxygens (including phenoxy) is 3. The predicted octanol–water partition coefficient (Wildman–Crippen LogP) is 5.25. The van der Waals surface area contributed by atoms with Crippen molar-refractivity contribution < 1.29 is 18.6 Å². The van der Waals surface area contributed by atoms with Gasteiger partial charge in [0.05, 0.1) is 27.0 Å². The first-order chi connectivity index (χ1) is 15.0. The third kappa shape index (κ3) is 6.08. The Labute approximate surface area is 187 Å². The molecule has 0 aliphatic rings. The summed E-state index contributed by atoms with van der Waals surface area (Å²) in [5, 5.41) is 3.74. The molecule has 0 fully saturated rings. The molecule has 0 saturated heterocycles. The molecule has 0 saturated carbocycles. The summed E-state index contributed by atoms with van der Waals surface area (Å²) >= 11 is 5.72. The molecule has 0 bridgehead atoms. The summed E-state index contributed by atoms with van der Waals surface area (Å²) in [4.78, 5) is 1.97. The summed E-state index contributed by atoms with van der Waals surface area (Å²) in [5.41, 5.74) is 2.58. The fraction of sp³-hybridized carbons (Fsp3) is 0.208. The molecule has 0 aliphatic carbocycles. The molecule has 1 N–H and O–H groups in total. The Morgan fingerprint density at radius 2 is 1.52 bits per heavy atom. The van der Waals surface area contributed by atoms with Gasteiger partial charge >= 0.3 is 0 Å². The van der Waals surface area contributed by atoms with Crippen LogP contribution in [0.3, 0.4) is 0 Å². The normalized spacial score (nSPS) is 10.3. The van der Waals surface area contributed by atoms with Gasteiger partial charge in [-0.05, 0) is 59.7 Å². The molecule has 3 aromatic rings. The molecule has 0 aliphatic heterocycles. The second-order valence-corrected chi connectivity index (χ2v) is 7.22. The van der Waals surface area contributed by atoms with Crippen LogP contribution in [0.25, 0.3) is 0 Å². The van der Waals surface area contributed by atoms with Crippen LogP contribution < -0.4 is 19.5 Å². The molecular weight excluding hydrogens is 415 g/mol. The lowest BCUT2D eigenvalue weighted by atomic mass is 10.1. The number of anilines is 1. The van der Waals surface area contributed by atoms with Crippen LogP contribution in [0.5, 0.6) is 17.2 Å². The summed E-state index contributed by atoms with van der Waals surface area (Å²) in [6.45, 7) is 0.971. The van der Waals surface area contributed by atoms with Crippen molar-refractivity contribution >= 4 is 23.0 Å². The van der Waals surface area contributed by atoms with Gasteiger partial charge in [0.1, 0.15) is 23.1 Å². The van der Waals surface area contributed by atoms with Gasteiger partial charge in [-0.25, -0.2) is 4.39 Å². The highest BCUT2D eigenvalue weighted by atomic mass is 32.1. The minimum absolute atomic E-state index is 0.280. The minimum atomic E-state index is -0.280. The smallest absolute Gasteiger partial charge is 0.174 e. The van der Waals surface area contributed by atoms with E-state index in [1.54, 1.807) is 33.5 Å². The van der Waals surface area contributed by atoms with Gasteiger partial charge in [0.2, 0.25) is 0 Å². The number of thiocarbonyl (C=S) groups is 1. The summed E-state index contributed by atoms with van der Waals surface area (Å²) in [7, 11) is 4.82. The van der Waals surface area contributed by atoms with Crippen LogP contribution in [0.15, 0.2) is 66.7 Å². The lowest BCUT2D eigenvalue weighted by Crippen LogP contribution is -2.34. The average Bonchev–Trinajstić information content (AvgIpc) is 2.79. The van der Waals surface area contributed by atoms with Crippen molar-refractivity contribution in [2.24, 2.45) is 0 Å². The quantitative estimate of drug-likeness (QED) is 0.483. The number of methoxy groups -OCH3 is 3. The third-order valence-electron chi connectivity index (χ3n) is 4.73. The van der Waals surface area contributed by atoms with Crippen LogP contribution in [0.1, 0.15) is 11.1 Å². The highest BCUT2D eigenvalue weighted by Gasteiger charge is 2.15. The van der Waals surface area contributed by atoms with Crippen LogP contribution in [-0.2, 0) is 13.1 Å². The number of hydrogen-bond acceptors (Lipinski definition) is 4. The van der Waals surface area contributed by atoms with E-state index in [-0.39, 0.29) is 5.82 Å². The van der Waals surface area contributed by atoms with E-state index in [1.807, 2.05) is 47.4 Å². The lowest BCUT2D eigenvalue weighted by molar-refractivity contribution is 0.394. The predicted molar refractivity (Wildman–Crippen MR) is 124 cm³/mol. The fourth-order valence-electron chi connectivity index (χ4n) is 3.10. The van der Waals surface area contributed by atoms with Crippen molar-refractivity contribution in [2.75, 3.05) is 26.6 Å². The molecule has 0 atom stereocenters. The van der Waals surface area contributed by atoms with Gasteiger partial charge in [0.25, 0.3) is 0 Å². The maximum Gasteiger partial charge on any atom is 0.174 e. The standard InChI is InChI=1S/C24H25FN2O3S/c1-28-20-9-7-17(8-10-20)15-27(16-18-5-4-6-19(25)13-18)24(31)26-22-12-11-21(29-2)14-23(22)30-3/h4-14H,15-16H2,1-3H3,(H,26,31). The van der Waals surface area contributed by atoms with Gasteiger partial charge in [-0.2, -0.15) is 0 Å². The van der Waals surface area contributed by atoms with Crippen molar-refractivity contribution in [3.8, 4) is 17.2 Å². The van der Waals surface area contributed by atoms with Gasteiger partial charge < -0.3 is 24.4 Å². The van der Waals surface area contributed by atoms with E-state index >= 15 is 0 Å². The maximum atomic E-state index is 13.7. The molecule has 0 amide bonds. The molecule has 31 heavy (non-hydrogen) atoms. The second kappa shape index (κ2) is 10.6. The van der Waals surface area contributed by atoms with Gasteiger partial charge in [-0.15, -0.1) is 0 Å². The third-order valence-corrected chi connectivity index (χ3v) is 5.09. The molecule has 7 heteroatoms. The molecule has 0 aromatic heterocycles. The van der Waals surface area contributed by atoms with Gasteiger partial charge in [-0.3, -0.25) is 0 Å². The zero-order valence-electron chi connectivity index (χ0n) is 17.7. The Hall–Kier alpha value is -3.32. The number of nitrogens with one attached hydrogen (secondary N) is 1. The van der Waals surface area contributed by atoms with E-state index in [0.29, 0.717) is 35.4 Å². The van der Waals surface area contributed by atoms with Gasteiger partial charge in [0.15, 0.2) is 5.11 Å². The summed E-state index contributed by atoms with van der Waals surface area (Å²) < 4.78 is 29.7. The van der Waals surface area contributed by atoms with Crippen LogP contribution in [0.4, 0.5) is 10.1 Å². The zero-order valence-corrected chi connectivity index (χ0v) is 18.5. The van der Waals surface area contributed by atoms with E-state index in [4.69, 9.17) is 26.4 Å². The van der Waals surface area contributed by atoms with E-state index in [2.05, 4.69) is 5.32 Å². The van der Waals surface area contributed by atoms with E-state index in [0.717, 1.165) is 16.9 Å². The Morgan fingerprint density at radius 1 is 0.839 bits per heavy atom. The van der Waals surface area contributed by atoms with Crippen molar-refractivity contribution in [1.82, 2.24) is 4.90 Å². The van der Waals surface area contributed by atoms with Crippen LogP contribution in [-0.4, -0.2) is 31.3 Å². The number of hydrogen-bond donors (Lipinski definition) is 1. The summed E-state index contributed by atoms with van der Waals surface area (Å²) in [6.07, 6.45) is 0. The van der Waals surface area contributed by atoms with Crippen molar-refractivity contribution in [2.45, 2.75) is 13.1 Å². The molecule has 0 unspecified atom stereocenters. The van der Waals surface area contributed by atoms with E-state index < -0.39 is 0 Å². The molecular formula is C24H25FN2O3S. The molecule has 3 aromatic carbocycles. The largest absolute Gasteiger partial charge is 0.497 e. The number of halogens is 1. The Balaban J connectivity index is 1.84. The molecule has 0 heterocycles. The number of benzene rings is 3. The topological polar surface area (TPSA) is 43.0 Å². The highest BCUT2D eigenvalue weighted by molar-refractivity contribution is 7.80. The molecule has 0 radical (unpaired) electrons. The molecule has 162 valence electrons. The van der Waals surface area contributed by atoms with E-state index in [1.165, 1.54) is 12.1 Å². The lowest BCUT2D eigenvalue weighted by Gasteiger charge is -2.27. The summed E-state index contributed by atoms with van der Waals surface area (Å²) in [5.74, 6) is 1.79. The summed E-state index contributed by atoms with van der Waals surface area (Å²) in [6, 6.07) is 19.7. The average molecular weight is 441 g/mol. The second-order valence-electron chi connectivity index (χ2n) is 6.83. The first-order valence-corrected chi connectivity index (χ1v) is 10.1. The Bertz CT molecular complexity index is 1030. The first-order valence-electron chi connectivity index (χ1n) is 9.67. The van der Waals surface area contributed by atoms with Crippen LogP contribution >= 0.6 is 12.2 Å². The molecule has 5 nitrogen and oxygen atoms in total. The van der Waals surface area contributed by atoms with Gasteiger partial charge in [0, 0.05) is 19.2 Å². The molecule has 0 spiro atoms. The van der Waals surface area contributed by atoms with Gasteiger partial charge in [-0.1, -0.05) is 24.3 Å². The zero-order chi connectivity index (χ0) is 22.2. The maximum absolute atomic E-state index is 13.7. The Morgan fingerprint density at radius 3 is 2.16 bits per heavy atom. The Kier molecular flexibility index (Phi) is 7.67. The van der Waals surface area contributed by atoms with Crippen molar-refractivity contribution in [3.05, 3.63) is 83.7 Å². The first kappa shape index (κ1) is 22.4. The highest BCUT2D eigenvalue weighted by Crippen LogP contribution is 2.29. The number of nitrogens with zero attached hydrogens (tertiary/aromatic N) is 1. The van der Waals surface area contributed by atoms with E-state index in [9.17, 15) is 4.39 Å². The van der Waals surface area contributed by atoms with Crippen molar-refractivity contribution in [3.63, 3.8) is 0 Å². The monoisotopic (exact) mass is 440 g/mol. The van der Waals surface area contributed by atoms with Crippen molar-refractivity contribution in [1.29, 1.82) is 0 Å². The van der Waals surface area contributed by atoms with Crippen LogP contribution in [0, 0.1) is 5.82 Å². The van der Waals surface area contributed by atoms with Crippen LogP contribution in [0.2, 0.25) is 0 Å². The molecule has 3 rings (SSSR count). The fourth-order valence-corrected chi connectivity index (χ4v) is 3.34. The number of rotatable bonds is 8. The minimum Gasteiger partial charge on any atom is -0.497 e.